The molecule has 0 atom stereocenters. The maximum atomic E-state index is 5.12. The Balaban J connectivity index is 3.03. The summed E-state index contributed by atoms with van der Waals surface area (Å²) in [5, 5.41) is 0. The third kappa shape index (κ3) is 2.37. The molecule has 0 aliphatic carbocycles. The monoisotopic (exact) mass is 196 g/mol. The summed E-state index contributed by atoms with van der Waals surface area (Å²) in [7, 11) is 5.58. The fraction of sp³-hybridized carbons (Fsp3) is 0.400. The summed E-state index contributed by atoms with van der Waals surface area (Å²) in [5.41, 5.74) is 2.09. The Morgan fingerprint density at radius 3 is 2.57 bits per heavy atom. The van der Waals surface area contributed by atoms with Crippen LogP contribution in [0.25, 0.3) is 0 Å². The van der Waals surface area contributed by atoms with Crippen molar-refractivity contribution < 1.29 is 9.57 Å². The van der Waals surface area contributed by atoms with Gasteiger partial charge in [0, 0.05) is 25.3 Å². The van der Waals surface area contributed by atoms with Crippen LogP contribution in [0.1, 0.15) is 5.56 Å². The molecule has 0 aromatic heterocycles. The quantitative estimate of drug-likeness (QED) is 0.734. The van der Waals surface area contributed by atoms with Crippen LogP contribution >= 0.6 is 0 Å². The van der Waals surface area contributed by atoms with Gasteiger partial charge in [0.15, 0.2) is 0 Å². The van der Waals surface area contributed by atoms with Crippen molar-refractivity contribution in [3.63, 3.8) is 0 Å². The SMILES string of the molecule is COc1ccc(N(C)C)c(CON)c1. The molecule has 78 valence electrons. The van der Waals surface area contributed by atoms with Crippen molar-refractivity contribution in [2.75, 3.05) is 26.1 Å². The molecule has 1 rings (SSSR count). The molecule has 14 heavy (non-hydrogen) atoms. The Morgan fingerprint density at radius 1 is 1.36 bits per heavy atom. The van der Waals surface area contributed by atoms with Crippen LogP contribution in [0.15, 0.2) is 18.2 Å². The van der Waals surface area contributed by atoms with E-state index in [2.05, 4.69) is 4.84 Å². The van der Waals surface area contributed by atoms with E-state index in [-0.39, 0.29) is 0 Å². The molecule has 0 unspecified atom stereocenters. The van der Waals surface area contributed by atoms with Crippen LogP contribution < -0.4 is 15.5 Å². The van der Waals surface area contributed by atoms with E-state index >= 15 is 0 Å². The van der Waals surface area contributed by atoms with E-state index in [0.717, 1.165) is 17.0 Å². The number of ether oxygens (including phenoxy) is 1. The zero-order valence-corrected chi connectivity index (χ0v) is 8.78. The molecule has 4 nitrogen and oxygen atoms in total. The van der Waals surface area contributed by atoms with Crippen LogP contribution in [0.5, 0.6) is 5.75 Å². The van der Waals surface area contributed by atoms with E-state index < -0.39 is 0 Å². The molecule has 1 aromatic rings. The normalized spacial score (nSPS) is 10.0. The summed E-state index contributed by atoms with van der Waals surface area (Å²) >= 11 is 0. The van der Waals surface area contributed by atoms with Gasteiger partial charge < -0.3 is 9.64 Å². The first-order valence-electron chi connectivity index (χ1n) is 4.35. The third-order valence-electron chi connectivity index (χ3n) is 2.01. The lowest BCUT2D eigenvalue weighted by atomic mass is 10.1. The van der Waals surface area contributed by atoms with Gasteiger partial charge in [0.05, 0.1) is 13.7 Å². The Kier molecular flexibility index (Phi) is 3.73. The van der Waals surface area contributed by atoms with Gasteiger partial charge >= 0.3 is 0 Å². The van der Waals surface area contributed by atoms with Crippen LogP contribution in [-0.2, 0) is 11.4 Å². The highest BCUT2D eigenvalue weighted by molar-refractivity contribution is 5.55. The Labute approximate surface area is 84.2 Å². The summed E-state index contributed by atoms with van der Waals surface area (Å²) in [6, 6.07) is 5.81. The number of hydrogen-bond donors (Lipinski definition) is 1. The Bertz CT molecular complexity index is 300. The first-order chi connectivity index (χ1) is 6.69. The van der Waals surface area contributed by atoms with E-state index in [0.29, 0.717) is 6.61 Å². The second-order valence-electron chi connectivity index (χ2n) is 3.20. The molecule has 0 heterocycles. The zero-order valence-electron chi connectivity index (χ0n) is 8.78. The lowest BCUT2D eigenvalue weighted by molar-refractivity contribution is 0.124. The molecule has 1 aromatic carbocycles. The lowest BCUT2D eigenvalue weighted by Crippen LogP contribution is -2.12. The lowest BCUT2D eigenvalue weighted by Gasteiger charge is -2.17. The minimum atomic E-state index is 0.380. The average Bonchev–Trinajstić information content (AvgIpc) is 2.17. The van der Waals surface area contributed by atoms with Gasteiger partial charge in [-0.05, 0) is 18.2 Å². The van der Waals surface area contributed by atoms with E-state index in [1.54, 1.807) is 7.11 Å². The molecule has 0 bridgehead atoms. The number of rotatable bonds is 4. The molecule has 0 saturated carbocycles. The molecule has 0 saturated heterocycles. The van der Waals surface area contributed by atoms with Crippen molar-refractivity contribution in [1.82, 2.24) is 0 Å². The van der Waals surface area contributed by atoms with Gasteiger partial charge in [-0.3, -0.25) is 4.84 Å². The fourth-order valence-corrected chi connectivity index (χ4v) is 1.33. The van der Waals surface area contributed by atoms with Crippen molar-refractivity contribution in [1.29, 1.82) is 0 Å². The van der Waals surface area contributed by atoms with Crippen LogP contribution in [0, 0.1) is 0 Å². The van der Waals surface area contributed by atoms with Crippen molar-refractivity contribution in [3.05, 3.63) is 23.8 Å². The smallest absolute Gasteiger partial charge is 0.119 e. The van der Waals surface area contributed by atoms with Gasteiger partial charge in [-0.15, -0.1) is 0 Å². The molecule has 0 aliphatic rings. The third-order valence-corrected chi connectivity index (χ3v) is 2.01. The first kappa shape index (κ1) is 10.8. The standard InChI is InChI=1S/C10H16N2O2/c1-12(2)10-5-4-9(13-3)6-8(10)7-14-11/h4-6H,7,11H2,1-3H3. The highest BCUT2D eigenvalue weighted by Gasteiger charge is 2.05. The second kappa shape index (κ2) is 4.83. The molecule has 4 heteroatoms. The molecular formula is C10H16N2O2. The maximum absolute atomic E-state index is 5.12. The fourth-order valence-electron chi connectivity index (χ4n) is 1.33. The predicted octanol–water partition coefficient (Wildman–Crippen LogP) is 1.15. The zero-order chi connectivity index (χ0) is 10.6. The predicted molar refractivity (Wildman–Crippen MR) is 56.3 cm³/mol. The first-order valence-corrected chi connectivity index (χ1v) is 4.35. The van der Waals surface area contributed by atoms with E-state index in [4.69, 9.17) is 10.6 Å². The van der Waals surface area contributed by atoms with Gasteiger partial charge in [-0.25, -0.2) is 5.90 Å². The van der Waals surface area contributed by atoms with Gasteiger partial charge in [-0.2, -0.15) is 0 Å². The molecular weight excluding hydrogens is 180 g/mol. The van der Waals surface area contributed by atoms with E-state index in [1.807, 2.05) is 37.2 Å². The Morgan fingerprint density at radius 2 is 2.07 bits per heavy atom. The summed E-state index contributed by atoms with van der Waals surface area (Å²) in [4.78, 5) is 6.64. The summed E-state index contributed by atoms with van der Waals surface area (Å²) in [5.74, 6) is 5.87. The van der Waals surface area contributed by atoms with Crippen molar-refractivity contribution in [2.45, 2.75) is 6.61 Å². The minimum absolute atomic E-state index is 0.380. The van der Waals surface area contributed by atoms with Crippen molar-refractivity contribution in [3.8, 4) is 5.75 Å². The van der Waals surface area contributed by atoms with Crippen LogP contribution in [0.3, 0.4) is 0 Å². The highest BCUT2D eigenvalue weighted by Crippen LogP contribution is 2.24. The number of nitrogens with two attached hydrogens (primary N) is 1. The number of hydrogen-bond acceptors (Lipinski definition) is 4. The molecule has 0 amide bonds. The van der Waals surface area contributed by atoms with Crippen LogP contribution in [-0.4, -0.2) is 21.2 Å². The summed E-state index contributed by atoms with van der Waals surface area (Å²) in [6.07, 6.45) is 0. The summed E-state index contributed by atoms with van der Waals surface area (Å²) in [6.45, 7) is 0.380. The van der Waals surface area contributed by atoms with Gasteiger partial charge in [0.1, 0.15) is 5.75 Å². The molecule has 0 aliphatic heterocycles. The van der Waals surface area contributed by atoms with E-state index in [9.17, 15) is 0 Å². The van der Waals surface area contributed by atoms with Gasteiger partial charge in [0.25, 0.3) is 0 Å². The van der Waals surface area contributed by atoms with Gasteiger partial charge in [-0.1, -0.05) is 0 Å². The van der Waals surface area contributed by atoms with Crippen LogP contribution in [0.2, 0.25) is 0 Å². The number of benzene rings is 1. The number of anilines is 1. The van der Waals surface area contributed by atoms with Crippen LogP contribution in [0.4, 0.5) is 5.69 Å². The second-order valence-corrected chi connectivity index (χ2v) is 3.20. The molecule has 0 spiro atoms. The van der Waals surface area contributed by atoms with Gasteiger partial charge in [0.2, 0.25) is 0 Å². The van der Waals surface area contributed by atoms with Crippen molar-refractivity contribution in [2.24, 2.45) is 5.90 Å². The largest absolute Gasteiger partial charge is 0.497 e. The highest BCUT2D eigenvalue weighted by atomic mass is 16.6. The summed E-state index contributed by atoms with van der Waals surface area (Å²) < 4.78 is 5.12. The Hall–Kier alpha value is -1.26. The maximum Gasteiger partial charge on any atom is 0.119 e. The minimum Gasteiger partial charge on any atom is -0.497 e. The molecule has 0 radical (unpaired) electrons. The topological polar surface area (TPSA) is 47.7 Å². The van der Waals surface area contributed by atoms with Crippen molar-refractivity contribution >= 4 is 5.69 Å². The molecule has 2 N–H and O–H groups in total. The number of nitrogens with zero attached hydrogens (tertiary/aromatic N) is 1. The number of methoxy groups -OCH3 is 1. The van der Waals surface area contributed by atoms with E-state index in [1.165, 1.54) is 0 Å². The average molecular weight is 196 g/mol. The molecule has 0 fully saturated rings.